The van der Waals surface area contributed by atoms with E-state index in [-0.39, 0.29) is 0 Å². The van der Waals surface area contributed by atoms with Gasteiger partial charge in [-0.2, -0.15) is 0 Å². The summed E-state index contributed by atoms with van der Waals surface area (Å²) < 4.78 is 0. The Morgan fingerprint density at radius 2 is 1.44 bits per heavy atom. The molecule has 0 saturated carbocycles. The second-order valence-electron chi connectivity index (χ2n) is 4.98. The highest BCUT2D eigenvalue weighted by molar-refractivity contribution is 5.66. The van der Waals surface area contributed by atoms with Crippen molar-refractivity contribution >= 4 is 5.57 Å². The standard InChI is InChI=1S/C18H18/c1-3-7-15(8-4-1)17-11-13-18(14-12-17)16-9-5-2-6-10-16/h1-11,18H,12-14H2. The van der Waals surface area contributed by atoms with Crippen LogP contribution in [-0.2, 0) is 0 Å². The summed E-state index contributed by atoms with van der Waals surface area (Å²) in [5.74, 6) is 0.707. The van der Waals surface area contributed by atoms with Gasteiger partial charge < -0.3 is 0 Å². The monoisotopic (exact) mass is 234 g/mol. The average Bonchev–Trinajstić information content (AvgIpc) is 2.49. The highest BCUT2D eigenvalue weighted by Crippen LogP contribution is 2.35. The van der Waals surface area contributed by atoms with Gasteiger partial charge in [-0.05, 0) is 41.9 Å². The molecule has 2 aromatic rings. The first-order valence-electron chi connectivity index (χ1n) is 6.73. The predicted octanol–water partition coefficient (Wildman–Crippen LogP) is 5.04. The molecule has 0 amide bonds. The van der Waals surface area contributed by atoms with Gasteiger partial charge in [-0.3, -0.25) is 0 Å². The Morgan fingerprint density at radius 1 is 0.778 bits per heavy atom. The Kier molecular flexibility index (Phi) is 3.27. The summed E-state index contributed by atoms with van der Waals surface area (Å²) in [5.41, 5.74) is 4.40. The van der Waals surface area contributed by atoms with E-state index in [2.05, 4.69) is 66.7 Å². The third kappa shape index (κ3) is 2.38. The van der Waals surface area contributed by atoms with E-state index in [9.17, 15) is 0 Å². The molecule has 1 atom stereocenters. The second-order valence-corrected chi connectivity index (χ2v) is 4.98. The highest BCUT2D eigenvalue weighted by Gasteiger charge is 2.16. The van der Waals surface area contributed by atoms with Gasteiger partial charge in [0, 0.05) is 0 Å². The van der Waals surface area contributed by atoms with Crippen LogP contribution in [0.25, 0.3) is 5.57 Å². The molecule has 90 valence electrons. The number of hydrogen-bond acceptors (Lipinski definition) is 0. The molecule has 0 N–H and O–H groups in total. The molecule has 0 aliphatic heterocycles. The summed E-state index contributed by atoms with van der Waals surface area (Å²) in [6.07, 6.45) is 6.07. The van der Waals surface area contributed by atoms with Crippen LogP contribution < -0.4 is 0 Å². The Hall–Kier alpha value is -1.82. The van der Waals surface area contributed by atoms with Crippen LogP contribution in [0.3, 0.4) is 0 Å². The van der Waals surface area contributed by atoms with Crippen LogP contribution in [-0.4, -0.2) is 0 Å². The third-order valence-corrected chi connectivity index (χ3v) is 3.83. The van der Waals surface area contributed by atoms with E-state index >= 15 is 0 Å². The molecule has 18 heavy (non-hydrogen) atoms. The first kappa shape index (κ1) is 11.3. The van der Waals surface area contributed by atoms with Crippen molar-refractivity contribution in [1.29, 1.82) is 0 Å². The molecule has 2 aromatic carbocycles. The van der Waals surface area contributed by atoms with Crippen molar-refractivity contribution in [3.8, 4) is 0 Å². The summed E-state index contributed by atoms with van der Waals surface area (Å²) in [6, 6.07) is 21.7. The first-order valence-corrected chi connectivity index (χ1v) is 6.73. The summed E-state index contributed by atoms with van der Waals surface area (Å²) in [5, 5.41) is 0. The maximum atomic E-state index is 2.43. The van der Waals surface area contributed by atoms with E-state index in [0.29, 0.717) is 5.92 Å². The van der Waals surface area contributed by atoms with Crippen molar-refractivity contribution in [3.63, 3.8) is 0 Å². The fourth-order valence-corrected chi connectivity index (χ4v) is 2.78. The quantitative estimate of drug-likeness (QED) is 0.683. The lowest BCUT2D eigenvalue weighted by Gasteiger charge is -2.22. The lowest BCUT2D eigenvalue weighted by atomic mass is 9.83. The van der Waals surface area contributed by atoms with E-state index < -0.39 is 0 Å². The Bertz CT molecular complexity index is 522. The topological polar surface area (TPSA) is 0 Å². The molecule has 1 aliphatic carbocycles. The molecule has 0 heteroatoms. The zero-order chi connectivity index (χ0) is 12.2. The fraction of sp³-hybridized carbons (Fsp3) is 0.222. The summed E-state index contributed by atoms with van der Waals surface area (Å²) in [4.78, 5) is 0. The summed E-state index contributed by atoms with van der Waals surface area (Å²) in [7, 11) is 0. The lowest BCUT2D eigenvalue weighted by molar-refractivity contribution is 0.625. The molecule has 3 rings (SSSR count). The van der Waals surface area contributed by atoms with Crippen molar-refractivity contribution in [2.45, 2.75) is 25.2 Å². The van der Waals surface area contributed by atoms with Gasteiger partial charge in [-0.25, -0.2) is 0 Å². The molecule has 0 fully saturated rings. The molecule has 0 aromatic heterocycles. The minimum atomic E-state index is 0.707. The predicted molar refractivity (Wildman–Crippen MR) is 77.5 cm³/mol. The number of hydrogen-bond donors (Lipinski definition) is 0. The maximum Gasteiger partial charge on any atom is -0.0124 e. The van der Waals surface area contributed by atoms with Gasteiger partial charge in [0.25, 0.3) is 0 Å². The lowest BCUT2D eigenvalue weighted by Crippen LogP contribution is -2.03. The largest absolute Gasteiger partial charge is 0.0801 e. The van der Waals surface area contributed by atoms with Crippen molar-refractivity contribution in [3.05, 3.63) is 77.9 Å². The van der Waals surface area contributed by atoms with Crippen LogP contribution in [0.5, 0.6) is 0 Å². The zero-order valence-electron chi connectivity index (χ0n) is 10.5. The number of rotatable bonds is 2. The molecular weight excluding hydrogens is 216 g/mol. The van der Waals surface area contributed by atoms with Crippen molar-refractivity contribution in [1.82, 2.24) is 0 Å². The van der Waals surface area contributed by atoms with Gasteiger partial charge in [-0.15, -0.1) is 0 Å². The van der Waals surface area contributed by atoms with Crippen LogP contribution in [0.15, 0.2) is 66.7 Å². The Morgan fingerprint density at radius 3 is 2.06 bits per heavy atom. The molecular formula is C18H18. The number of benzene rings is 2. The molecule has 0 saturated heterocycles. The molecule has 0 bridgehead atoms. The first-order chi connectivity index (χ1) is 8.93. The van der Waals surface area contributed by atoms with Gasteiger partial charge >= 0.3 is 0 Å². The van der Waals surface area contributed by atoms with Crippen LogP contribution in [0.2, 0.25) is 0 Å². The molecule has 0 nitrogen and oxygen atoms in total. The average molecular weight is 234 g/mol. The van der Waals surface area contributed by atoms with Crippen molar-refractivity contribution in [2.75, 3.05) is 0 Å². The van der Waals surface area contributed by atoms with E-state index in [1.807, 2.05) is 0 Å². The van der Waals surface area contributed by atoms with Crippen molar-refractivity contribution in [2.24, 2.45) is 0 Å². The second kappa shape index (κ2) is 5.22. The minimum Gasteiger partial charge on any atom is -0.0801 e. The fourth-order valence-electron chi connectivity index (χ4n) is 2.78. The van der Waals surface area contributed by atoms with E-state index in [1.165, 1.54) is 36.0 Å². The Balaban J connectivity index is 1.76. The summed E-state index contributed by atoms with van der Waals surface area (Å²) >= 11 is 0. The van der Waals surface area contributed by atoms with Crippen LogP contribution in [0, 0.1) is 0 Å². The SMILES string of the molecule is C1=C(c2ccccc2)CCC(c2ccccc2)C1. The molecule has 0 heterocycles. The molecule has 0 radical (unpaired) electrons. The van der Waals surface area contributed by atoms with E-state index in [0.717, 1.165) is 0 Å². The van der Waals surface area contributed by atoms with Gasteiger partial charge in [0.1, 0.15) is 0 Å². The Labute approximate surface area is 109 Å². The van der Waals surface area contributed by atoms with Crippen molar-refractivity contribution < 1.29 is 0 Å². The van der Waals surface area contributed by atoms with Gasteiger partial charge in [0.05, 0.1) is 0 Å². The molecule has 1 unspecified atom stereocenters. The maximum absolute atomic E-state index is 2.43. The highest BCUT2D eigenvalue weighted by atomic mass is 14.2. The van der Waals surface area contributed by atoms with Crippen LogP contribution in [0.1, 0.15) is 36.3 Å². The third-order valence-electron chi connectivity index (χ3n) is 3.83. The van der Waals surface area contributed by atoms with Gasteiger partial charge in [0.2, 0.25) is 0 Å². The van der Waals surface area contributed by atoms with E-state index in [1.54, 1.807) is 0 Å². The zero-order valence-corrected chi connectivity index (χ0v) is 10.5. The van der Waals surface area contributed by atoms with Gasteiger partial charge in [-0.1, -0.05) is 66.7 Å². The minimum absolute atomic E-state index is 0.707. The number of allylic oxidation sites excluding steroid dienone is 2. The molecule has 1 aliphatic rings. The van der Waals surface area contributed by atoms with Crippen LogP contribution >= 0.6 is 0 Å². The van der Waals surface area contributed by atoms with Crippen LogP contribution in [0.4, 0.5) is 0 Å². The smallest absolute Gasteiger partial charge is 0.0124 e. The van der Waals surface area contributed by atoms with E-state index in [4.69, 9.17) is 0 Å². The molecule has 0 spiro atoms. The normalized spacial score (nSPS) is 19.3. The summed E-state index contributed by atoms with van der Waals surface area (Å²) in [6.45, 7) is 0. The van der Waals surface area contributed by atoms with Gasteiger partial charge in [0.15, 0.2) is 0 Å².